The molecule has 106 valence electrons. The van der Waals surface area contributed by atoms with Gasteiger partial charge in [0.05, 0.1) is 7.11 Å². The number of hydrogen-bond donors (Lipinski definition) is 1. The van der Waals surface area contributed by atoms with E-state index in [2.05, 4.69) is 5.32 Å². The highest BCUT2D eigenvalue weighted by Gasteiger charge is 2.22. The summed E-state index contributed by atoms with van der Waals surface area (Å²) in [7, 11) is 1.66. The van der Waals surface area contributed by atoms with Crippen LogP contribution < -0.4 is 14.8 Å². The van der Waals surface area contributed by atoms with Crippen LogP contribution in [0.3, 0.4) is 0 Å². The second-order valence-corrected chi connectivity index (χ2v) is 5.60. The van der Waals surface area contributed by atoms with E-state index in [4.69, 9.17) is 21.1 Å². The van der Waals surface area contributed by atoms with Gasteiger partial charge in [0.15, 0.2) is 11.5 Å². The zero-order valence-electron chi connectivity index (χ0n) is 11.4. The fourth-order valence-electron chi connectivity index (χ4n) is 2.48. The Morgan fingerprint density at radius 1 is 1.26 bits per heavy atom. The molecule has 1 aromatic rings. The Kier molecular flexibility index (Phi) is 5.80. The van der Waals surface area contributed by atoms with Crippen LogP contribution in [0.25, 0.3) is 0 Å². The van der Waals surface area contributed by atoms with Crippen LogP contribution in [0, 0.1) is 5.92 Å². The number of halogens is 1. The van der Waals surface area contributed by atoms with Crippen molar-refractivity contribution in [3.05, 3.63) is 24.3 Å². The van der Waals surface area contributed by atoms with E-state index in [-0.39, 0.29) is 0 Å². The molecular formula is C15H22ClNO2. The predicted octanol–water partition coefficient (Wildman–Crippen LogP) is 3.07. The fourth-order valence-corrected chi connectivity index (χ4v) is 2.85. The number of rotatable bonds is 7. The smallest absolute Gasteiger partial charge is 0.161 e. The summed E-state index contributed by atoms with van der Waals surface area (Å²) in [6.07, 6.45) is 3.54. The molecule has 2 unspecified atom stereocenters. The lowest BCUT2D eigenvalue weighted by molar-refractivity contribution is 0.289. The number of benzene rings is 1. The van der Waals surface area contributed by atoms with Gasteiger partial charge in [-0.2, -0.15) is 0 Å². The third kappa shape index (κ3) is 4.59. The lowest BCUT2D eigenvalue weighted by Crippen LogP contribution is -2.26. The molecule has 0 saturated heterocycles. The second-order valence-electron chi connectivity index (χ2n) is 4.98. The molecule has 2 rings (SSSR count). The van der Waals surface area contributed by atoms with Crippen molar-refractivity contribution in [3.8, 4) is 11.5 Å². The summed E-state index contributed by atoms with van der Waals surface area (Å²) in [5, 5.41) is 3.82. The van der Waals surface area contributed by atoms with E-state index < -0.39 is 0 Å². The van der Waals surface area contributed by atoms with Gasteiger partial charge in [0, 0.05) is 11.9 Å². The standard InChI is InChI=1S/C15H22ClNO2/c1-18-14-4-2-3-5-15(14)19-9-8-17-11-12-6-7-13(16)10-12/h2-5,12-13,17H,6-11H2,1H3. The number of alkyl halides is 1. The van der Waals surface area contributed by atoms with E-state index >= 15 is 0 Å². The molecule has 0 heterocycles. The van der Waals surface area contributed by atoms with Crippen LogP contribution in [0.1, 0.15) is 19.3 Å². The highest BCUT2D eigenvalue weighted by Crippen LogP contribution is 2.28. The summed E-state index contributed by atoms with van der Waals surface area (Å²) in [5.74, 6) is 2.31. The Morgan fingerprint density at radius 2 is 2.05 bits per heavy atom. The first-order valence-electron chi connectivity index (χ1n) is 6.90. The van der Waals surface area contributed by atoms with Crippen molar-refractivity contribution in [2.45, 2.75) is 24.6 Å². The summed E-state index contributed by atoms with van der Waals surface area (Å²) in [6.45, 7) is 2.54. The van der Waals surface area contributed by atoms with Crippen molar-refractivity contribution in [3.63, 3.8) is 0 Å². The average Bonchev–Trinajstić information content (AvgIpc) is 2.84. The van der Waals surface area contributed by atoms with Gasteiger partial charge >= 0.3 is 0 Å². The van der Waals surface area contributed by atoms with Crippen LogP contribution in [0.5, 0.6) is 11.5 Å². The molecule has 19 heavy (non-hydrogen) atoms. The average molecular weight is 284 g/mol. The molecule has 1 aliphatic carbocycles. The SMILES string of the molecule is COc1ccccc1OCCNCC1CCC(Cl)C1. The third-order valence-corrected chi connectivity index (χ3v) is 3.91. The highest BCUT2D eigenvalue weighted by atomic mass is 35.5. The van der Waals surface area contributed by atoms with Gasteiger partial charge in [0.25, 0.3) is 0 Å². The second kappa shape index (κ2) is 7.61. The van der Waals surface area contributed by atoms with Crippen LogP contribution in [-0.2, 0) is 0 Å². The van der Waals surface area contributed by atoms with E-state index in [1.165, 1.54) is 6.42 Å². The minimum Gasteiger partial charge on any atom is -0.493 e. The Morgan fingerprint density at radius 3 is 2.74 bits per heavy atom. The predicted molar refractivity (Wildman–Crippen MR) is 78.3 cm³/mol. The van der Waals surface area contributed by atoms with Gasteiger partial charge in [-0.3, -0.25) is 0 Å². The zero-order chi connectivity index (χ0) is 13.5. The first kappa shape index (κ1) is 14.5. The fraction of sp³-hybridized carbons (Fsp3) is 0.600. The highest BCUT2D eigenvalue weighted by molar-refractivity contribution is 6.20. The van der Waals surface area contributed by atoms with Crippen molar-refractivity contribution in [2.75, 3.05) is 26.8 Å². The Bertz CT molecular complexity index is 386. The molecular weight excluding hydrogens is 262 g/mol. The molecule has 0 aliphatic heterocycles. The Balaban J connectivity index is 1.61. The van der Waals surface area contributed by atoms with E-state index in [1.54, 1.807) is 7.11 Å². The van der Waals surface area contributed by atoms with Crippen LogP contribution >= 0.6 is 11.6 Å². The summed E-state index contributed by atoms with van der Waals surface area (Å²) < 4.78 is 10.9. The van der Waals surface area contributed by atoms with E-state index in [0.717, 1.165) is 43.3 Å². The molecule has 4 heteroatoms. The van der Waals surface area contributed by atoms with Crippen LogP contribution in [-0.4, -0.2) is 32.2 Å². The monoisotopic (exact) mass is 283 g/mol. The van der Waals surface area contributed by atoms with Gasteiger partial charge in [0.2, 0.25) is 0 Å². The van der Waals surface area contributed by atoms with Gasteiger partial charge in [0.1, 0.15) is 6.61 Å². The topological polar surface area (TPSA) is 30.5 Å². The van der Waals surface area contributed by atoms with E-state index in [9.17, 15) is 0 Å². The normalized spacial score (nSPS) is 22.4. The van der Waals surface area contributed by atoms with E-state index in [0.29, 0.717) is 12.0 Å². The Hall–Kier alpha value is -0.930. The first-order valence-corrected chi connectivity index (χ1v) is 7.34. The summed E-state index contributed by atoms with van der Waals surface area (Å²) in [4.78, 5) is 0. The number of para-hydroxylation sites is 2. The molecule has 2 atom stereocenters. The number of methoxy groups -OCH3 is 1. The minimum absolute atomic E-state index is 0.386. The maximum Gasteiger partial charge on any atom is 0.161 e. The molecule has 1 fully saturated rings. The minimum atomic E-state index is 0.386. The van der Waals surface area contributed by atoms with Gasteiger partial charge in [-0.1, -0.05) is 12.1 Å². The van der Waals surface area contributed by atoms with Crippen LogP contribution in [0.15, 0.2) is 24.3 Å². The summed E-state index contributed by atoms with van der Waals surface area (Å²) >= 11 is 6.09. The Labute approximate surface area is 120 Å². The zero-order valence-corrected chi connectivity index (χ0v) is 12.2. The maximum atomic E-state index is 6.09. The molecule has 1 saturated carbocycles. The third-order valence-electron chi connectivity index (χ3n) is 3.52. The quantitative estimate of drug-likeness (QED) is 0.616. The summed E-state index contributed by atoms with van der Waals surface area (Å²) in [6, 6.07) is 7.72. The molecule has 3 nitrogen and oxygen atoms in total. The van der Waals surface area contributed by atoms with Crippen LogP contribution in [0.2, 0.25) is 0 Å². The molecule has 0 radical (unpaired) electrons. The molecule has 0 spiro atoms. The molecule has 0 amide bonds. The van der Waals surface area contributed by atoms with Gasteiger partial charge in [-0.25, -0.2) is 0 Å². The van der Waals surface area contributed by atoms with Crippen molar-refractivity contribution < 1.29 is 9.47 Å². The van der Waals surface area contributed by atoms with Crippen molar-refractivity contribution in [2.24, 2.45) is 5.92 Å². The van der Waals surface area contributed by atoms with E-state index in [1.807, 2.05) is 24.3 Å². The molecule has 1 N–H and O–H groups in total. The van der Waals surface area contributed by atoms with Crippen molar-refractivity contribution >= 4 is 11.6 Å². The maximum absolute atomic E-state index is 6.09. The van der Waals surface area contributed by atoms with Crippen molar-refractivity contribution in [1.29, 1.82) is 0 Å². The van der Waals surface area contributed by atoms with Gasteiger partial charge < -0.3 is 14.8 Å². The summed E-state index contributed by atoms with van der Waals surface area (Å²) in [5.41, 5.74) is 0. The van der Waals surface area contributed by atoms with Gasteiger partial charge in [-0.05, 0) is 43.9 Å². The molecule has 0 bridgehead atoms. The van der Waals surface area contributed by atoms with Gasteiger partial charge in [-0.15, -0.1) is 11.6 Å². The molecule has 1 aliphatic rings. The number of nitrogens with one attached hydrogen (secondary N) is 1. The number of ether oxygens (including phenoxy) is 2. The lowest BCUT2D eigenvalue weighted by Gasteiger charge is -2.13. The molecule has 1 aromatic carbocycles. The first-order chi connectivity index (χ1) is 9.29. The van der Waals surface area contributed by atoms with Crippen LogP contribution in [0.4, 0.5) is 0 Å². The lowest BCUT2D eigenvalue weighted by atomic mass is 10.1. The van der Waals surface area contributed by atoms with Crippen molar-refractivity contribution in [1.82, 2.24) is 5.32 Å². The number of hydrogen-bond acceptors (Lipinski definition) is 3. The molecule has 0 aromatic heterocycles. The largest absolute Gasteiger partial charge is 0.493 e.